The van der Waals surface area contributed by atoms with Gasteiger partial charge in [0.25, 0.3) is 0 Å². The molecule has 0 aliphatic rings. The van der Waals surface area contributed by atoms with Crippen LogP contribution in [-0.2, 0) is 11.3 Å². The van der Waals surface area contributed by atoms with Gasteiger partial charge in [0.15, 0.2) is 5.82 Å². The number of carboxylic acids is 1. The predicted octanol–water partition coefficient (Wildman–Crippen LogP) is 0.921. The van der Waals surface area contributed by atoms with E-state index in [9.17, 15) is 4.79 Å². The Morgan fingerprint density at radius 3 is 2.75 bits per heavy atom. The summed E-state index contributed by atoms with van der Waals surface area (Å²) in [7, 11) is 0. The highest BCUT2D eigenvalue weighted by Crippen LogP contribution is 2.05. The lowest BCUT2D eigenvalue weighted by molar-refractivity contribution is -0.141. The van der Waals surface area contributed by atoms with Crippen molar-refractivity contribution in [2.24, 2.45) is 5.92 Å². The van der Waals surface area contributed by atoms with Crippen LogP contribution in [0, 0.1) is 12.8 Å². The van der Waals surface area contributed by atoms with Gasteiger partial charge in [0, 0.05) is 13.5 Å². The van der Waals surface area contributed by atoms with Crippen molar-refractivity contribution in [3.63, 3.8) is 0 Å². The van der Waals surface area contributed by atoms with Gasteiger partial charge in [-0.3, -0.25) is 9.69 Å². The van der Waals surface area contributed by atoms with Crippen LogP contribution in [0.4, 0.5) is 0 Å². The highest BCUT2D eigenvalue weighted by atomic mass is 16.5. The second-order valence-electron chi connectivity index (χ2n) is 3.80. The van der Waals surface area contributed by atoms with Crippen LogP contribution in [0.2, 0.25) is 0 Å². The van der Waals surface area contributed by atoms with E-state index >= 15 is 0 Å². The van der Waals surface area contributed by atoms with Crippen molar-refractivity contribution in [2.45, 2.75) is 27.3 Å². The molecule has 1 rings (SSSR count). The van der Waals surface area contributed by atoms with Gasteiger partial charge in [-0.2, -0.15) is 4.98 Å². The summed E-state index contributed by atoms with van der Waals surface area (Å²) in [6.45, 7) is 7.15. The largest absolute Gasteiger partial charge is 0.481 e. The van der Waals surface area contributed by atoms with E-state index in [1.807, 2.05) is 11.8 Å². The molecule has 0 saturated carbocycles. The summed E-state index contributed by atoms with van der Waals surface area (Å²) < 4.78 is 4.86. The first kappa shape index (κ1) is 12.6. The van der Waals surface area contributed by atoms with Crippen molar-refractivity contribution < 1.29 is 14.4 Å². The summed E-state index contributed by atoms with van der Waals surface area (Å²) in [4.78, 5) is 16.8. The lowest BCUT2D eigenvalue weighted by Gasteiger charge is -2.20. The zero-order valence-corrected chi connectivity index (χ0v) is 9.80. The second-order valence-corrected chi connectivity index (χ2v) is 3.80. The van der Waals surface area contributed by atoms with Gasteiger partial charge >= 0.3 is 5.97 Å². The summed E-state index contributed by atoms with van der Waals surface area (Å²) >= 11 is 0. The molecule has 16 heavy (non-hydrogen) atoms. The van der Waals surface area contributed by atoms with Crippen LogP contribution in [0.15, 0.2) is 4.52 Å². The molecule has 90 valence electrons. The maximum Gasteiger partial charge on any atom is 0.307 e. The molecule has 0 saturated heterocycles. The maximum absolute atomic E-state index is 10.7. The molecule has 1 atom stereocenters. The molecule has 0 aromatic carbocycles. The number of hydrogen-bond donors (Lipinski definition) is 1. The minimum absolute atomic E-state index is 0.395. The number of rotatable bonds is 6. The number of aryl methyl sites for hydroxylation is 1. The zero-order chi connectivity index (χ0) is 12.1. The smallest absolute Gasteiger partial charge is 0.307 e. The third-order valence-electron chi connectivity index (χ3n) is 2.34. The Morgan fingerprint density at radius 1 is 1.62 bits per heavy atom. The molecular formula is C10H17N3O3. The van der Waals surface area contributed by atoms with Gasteiger partial charge in [0.05, 0.1) is 12.5 Å². The topological polar surface area (TPSA) is 79.5 Å². The fourth-order valence-electron chi connectivity index (χ4n) is 1.38. The number of carboxylic acid groups (broad SMARTS) is 1. The highest BCUT2D eigenvalue weighted by Gasteiger charge is 2.16. The normalized spacial score (nSPS) is 13.0. The Morgan fingerprint density at radius 2 is 2.31 bits per heavy atom. The van der Waals surface area contributed by atoms with E-state index < -0.39 is 11.9 Å². The van der Waals surface area contributed by atoms with Crippen LogP contribution in [0.5, 0.6) is 0 Å². The van der Waals surface area contributed by atoms with Gasteiger partial charge in [-0.15, -0.1) is 0 Å². The fourth-order valence-corrected chi connectivity index (χ4v) is 1.38. The van der Waals surface area contributed by atoms with Gasteiger partial charge in [-0.05, 0) is 6.54 Å². The average molecular weight is 227 g/mol. The van der Waals surface area contributed by atoms with Crippen LogP contribution in [0.3, 0.4) is 0 Å². The third kappa shape index (κ3) is 3.62. The molecule has 1 aromatic rings. The molecule has 0 aliphatic heterocycles. The van der Waals surface area contributed by atoms with Gasteiger partial charge in [-0.1, -0.05) is 19.0 Å². The Kier molecular flexibility index (Phi) is 4.42. The molecule has 0 aliphatic carbocycles. The van der Waals surface area contributed by atoms with Crippen molar-refractivity contribution in [1.82, 2.24) is 15.0 Å². The summed E-state index contributed by atoms with van der Waals surface area (Å²) in [6.07, 6.45) is 0. The first-order valence-electron chi connectivity index (χ1n) is 5.27. The summed E-state index contributed by atoms with van der Waals surface area (Å²) in [5, 5.41) is 12.6. The monoisotopic (exact) mass is 227 g/mol. The quantitative estimate of drug-likeness (QED) is 0.778. The Labute approximate surface area is 94.3 Å². The molecule has 0 fully saturated rings. The number of hydrogen-bond acceptors (Lipinski definition) is 5. The van der Waals surface area contributed by atoms with Crippen molar-refractivity contribution in [2.75, 3.05) is 13.1 Å². The molecule has 6 nitrogen and oxygen atoms in total. The molecule has 0 radical (unpaired) electrons. The van der Waals surface area contributed by atoms with E-state index in [4.69, 9.17) is 9.63 Å². The van der Waals surface area contributed by atoms with Crippen molar-refractivity contribution in [3.8, 4) is 0 Å². The number of nitrogens with zero attached hydrogens (tertiary/aromatic N) is 3. The van der Waals surface area contributed by atoms with Crippen LogP contribution in [0.1, 0.15) is 25.6 Å². The summed E-state index contributed by atoms with van der Waals surface area (Å²) in [5.74, 6) is -0.0648. The highest BCUT2D eigenvalue weighted by molar-refractivity contribution is 5.69. The van der Waals surface area contributed by atoms with E-state index in [0.717, 1.165) is 6.54 Å². The molecule has 1 aromatic heterocycles. The Balaban J connectivity index is 2.52. The van der Waals surface area contributed by atoms with E-state index in [1.165, 1.54) is 0 Å². The average Bonchev–Trinajstić information content (AvgIpc) is 2.62. The standard InChI is InChI=1S/C10H17N3O3/c1-4-13(5-7(2)10(14)15)6-9-11-8(3)16-12-9/h7H,4-6H2,1-3H3,(H,14,15). The fraction of sp³-hybridized carbons (Fsp3) is 0.700. The number of aromatic nitrogens is 2. The van der Waals surface area contributed by atoms with Gasteiger partial charge < -0.3 is 9.63 Å². The molecule has 6 heteroatoms. The SMILES string of the molecule is CCN(Cc1noc(C)n1)CC(C)C(=O)O. The minimum Gasteiger partial charge on any atom is -0.481 e. The first-order chi connectivity index (χ1) is 7.52. The van der Waals surface area contributed by atoms with E-state index in [1.54, 1.807) is 13.8 Å². The van der Waals surface area contributed by atoms with Crippen LogP contribution < -0.4 is 0 Å². The number of carbonyl (C=O) groups is 1. The van der Waals surface area contributed by atoms with Crippen LogP contribution in [0.25, 0.3) is 0 Å². The predicted molar refractivity (Wildman–Crippen MR) is 56.8 cm³/mol. The number of aliphatic carboxylic acids is 1. The van der Waals surface area contributed by atoms with E-state index in [2.05, 4.69) is 10.1 Å². The minimum atomic E-state index is -0.789. The van der Waals surface area contributed by atoms with Crippen LogP contribution >= 0.6 is 0 Å². The Bertz CT molecular complexity index is 351. The molecular weight excluding hydrogens is 210 g/mol. The molecule has 0 bridgehead atoms. The third-order valence-corrected chi connectivity index (χ3v) is 2.34. The lowest BCUT2D eigenvalue weighted by Crippen LogP contribution is -2.31. The molecule has 1 heterocycles. The van der Waals surface area contributed by atoms with E-state index in [-0.39, 0.29) is 0 Å². The van der Waals surface area contributed by atoms with Crippen molar-refractivity contribution >= 4 is 5.97 Å². The summed E-state index contributed by atoms with van der Waals surface area (Å²) in [6, 6.07) is 0. The van der Waals surface area contributed by atoms with Gasteiger partial charge in [-0.25, -0.2) is 0 Å². The summed E-state index contributed by atoms with van der Waals surface area (Å²) in [5.41, 5.74) is 0. The Hall–Kier alpha value is -1.43. The van der Waals surface area contributed by atoms with Crippen LogP contribution in [-0.4, -0.2) is 39.2 Å². The van der Waals surface area contributed by atoms with Crippen molar-refractivity contribution in [3.05, 3.63) is 11.7 Å². The molecule has 1 N–H and O–H groups in total. The molecule has 1 unspecified atom stereocenters. The second kappa shape index (κ2) is 5.60. The maximum atomic E-state index is 10.7. The zero-order valence-electron chi connectivity index (χ0n) is 9.80. The molecule has 0 spiro atoms. The van der Waals surface area contributed by atoms with E-state index in [0.29, 0.717) is 24.8 Å². The molecule has 0 amide bonds. The van der Waals surface area contributed by atoms with Crippen molar-refractivity contribution in [1.29, 1.82) is 0 Å². The van der Waals surface area contributed by atoms with Gasteiger partial charge in [0.2, 0.25) is 5.89 Å². The lowest BCUT2D eigenvalue weighted by atomic mass is 10.1. The van der Waals surface area contributed by atoms with Gasteiger partial charge in [0.1, 0.15) is 0 Å². The first-order valence-corrected chi connectivity index (χ1v) is 5.27.